The zero-order chi connectivity index (χ0) is 17.1. The van der Waals surface area contributed by atoms with E-state index in [0.29, 0.717) is 19.7 Å². The van der Waals surface area contributed by atoms with Gasteiger partial charge in [0.1, 0.15) is 11.1 Å². The Morgan fingerprint density at radius 3 is 3.00 bits per heavy atom. The Balaban J connectivity index is 1.66. The third-order valence-electron chi connectivity index (χ3n) is 4.25. The highest BCUT2D eigenvalue weighted by Gasteiger charge is 2.27. The van der Waals surface area contributed by atoms with Gasteiger partial charge in [0.05, 0.1) is 13.2 Å². The molecular weight excluding hydrogens is 322 g/mol. The lowest BCUT2D eigenvalue weighted by molar-refractivity contribution is -0.0136. The predicted molar refractivity (Wildman–Crippen MR) is 96.7 cm³/mol. The van der Waals surface area contributed by atoms with Crippen LogP contribution in [0.1, 0.15) is 34.9 Å². The van der Waals surface area contributed by atoms with E-state index in [4.69, 9.17) is 4.74 Å². The highest BCUT2D eigenvalue weighted by atomic mass is 32.1. The van der Waals surface area contributed by atoms with Crippen molar-refractivity contribution >= 4 is 23.1 Å². The maximum absolute atomic E-state index is 12.6. The van der Waals surface area contributed by atoms with Gasteiger partial charge in [-0.2, -0.15) is 0 Å². The van der Waals surface area contributed by atoms with Crippen molar-refractivity contribution in [2.75, 3.05) is 25.0 Å². The number of aromatic nitrogens is 1. The second-order valence-corrected chi connectivity index (χ2v) is 6.95. The molecule has 1 fully saturated rings. The monoisotopic (exact) mass is 345 g/mol. The molecule has 6 heteroatoms. The number of benzene rings is 1. The number of anilines is 1. The standard InChI is InChI=1S/C18H23N3O2S/c1-4-14-9-15(6-5-12(14)2)20-18(22)21-7-8-23-16(10-21)17-19-13(3)11-24-17/h5-6,9,11,16H,4,7-8,10H2,1-3H3,(H,20,22)/t16-/m0/s1. The molecule has 24 heavy (non-hydrogen) atoms. The molecule has 2 heterocycles. The summed E-state index contributed by atoms with van der Waals surface area (Å²) in [5.74, 6) is 0. The number of carbonyl (C=O) groups excluding carboxylic acids is 1. The molecule has 1 saturated heterocycles. The highest BCUT2D eigenvalue weighted by Crippen LogP contribution is 2.25. The Bertz CT molecular complexity index is 729. The van der Waals surface area contributed by atoms with Gasteiger partial charge >= 0.3 is 6.03 Å². The van der Waals surface area contributed by atoms with E-state index in [2.05, 4.69) is 36.3 Å². The van der Waals surface area contributed by atoms with Gasteiger partial charge in [-0.1, -0.05) is 13.0 Å². The number of rotatable bonds is 3. The van der Waals surface area contributed by atoms with Gasteiger partial charge in [-0.25, -0.2) is 9.78 Å². The Hall–Kier alpha value is -1.92. The van der Waals surface area contributed by atoms with E-state index in [1.54, 1.807) is 16.2 Å². The van der Waals surface area contributed by atoms with E-state index in [-0.39, 0.29) is 12.1 Å². The van der Waals surface area contributed by atoms with E-state index in [0.717, 1.165) is 22.8 Å². The van der Waals surface area contributed by atoms with Crippen LogP contribution in [0.2, 0.25) is 0 Å². The zero-order valence-corrected chi connectivity index (χ0v) is 15.2. The second kappa shape index (κ2) is 7.32. The number of nitrogens with one attached hydrogen (secondary N) is 1. The second-order valence-electron chi connectivity index (χ2n) is 6.06. The fraction of sp³-hybridized carbons (Fsp3) is 0.444. The minimum absolute atomic E-state index is 0.0810. The van der Waals surface area contributed by atoms with Gasteiger partial charge in [0.25, 0.3) is 0 Å². The smallest absolute Gasteiger partial charge is 0.322 e. The molecule has 3 rings (SSSR count). The van der Waals surface area contributed by atoms with Crippen molar-refractivity contribution in [2.24, 2.45) is 0 Å². The minimum atomic E-state index is -0.132. The normalized spacial score (nSPS) is 17.8. The average Bonchev–Trinajstić information content (AvgIpc) is 3.03. The molecule has 0 saturated carbocycles. The number of amides is 2. The highest BCUT2D eigenvalue weighted by molar-refractivity contribution is 7.09. The molecule has 2 amide bonds. The summed E-state index contributed by atoms with van der Waals surface area (Å²) in [6.07, 6.45) is 0.825. The summed E-state index contributed by atoms with van der Waals surface area (Å²) < 4.78 is 5.79. The van der Waals surface area contributed by atoms with Crippen LogP contribution in [0, 0.1) is 13.8 Å². The number of thiazole rings is 1. The number of hydrogen-bond donors (Lipinski definition) is 1. The molecule has 1 aromatic carbocycles. The first kappa shape index (κ1) is 16.9. The molecular formula is C18H23N3O2S. The Morgan fingerprint density at radius 1 is 1.46 bits per heavy atom. The van der Waals surface area contributed by atoms with Crippen LogP contribution in [0.25, 0.3) is 0 Å². The summed E-state index contributed by atoms with van der Waals surface area (Å²) in [5.41, 5.74) is 4.34. The third kappa shape index (κ3) is 3.76. The van der Waals surface area contributed by atoms with E-state index in [1.807, 2.05) is 18.4 Å². The maximum Gasteiger partial charge on any atom is 0.322 e. The number of urea groups is 1. The Labute approximate surface area is 146 Å². The van der Waals surface area contributed by atoms with Crippen molar-refractivity contribution < 1.29 is 9.53 Å². The summed E-state index contributed by atoms with van der Waals surface area (Å²) in [6.45, 7) is 7.84. The van der Waals surface area contributed by atoms with Gasteiger partial charge in [-0.15, -0.1) is 11.3 Å². The summed E-state index contributed by atoms with van der Waals surface area (Å²) in [4.78, 5) is 18.9. The molecule has 1 aliphatic rings. The molecule has 0 bridgehead atoms. The van der Waals surface area contributed by atoms with Gasteiger partial charge in [-0.05, 0) is 43.5 Å². The number of hydrogen-bond acceptors (Lipinski definition) is 4. The first-order valence-electron chi connectivity index (χ1n) is 8.26. The van der Waals surface area contributed by atoms with E-state index in [1.165, 1.54) is 11.1 Å². The molecule has 0 radical (unpaired) electrons. The van der Waals surface area contributed by atoms with Crippen molar-refractivity contribution in [1.29, 1.82) is 0 Å². The van der Waals surface area contributed by atoms with Crippen LogP contribution >= 0.6 is 11.3 Å². The van der Waals surface area contributed by atoms with Crippen LogP contribution in [-0.4, -0.2) is 35.6 Å². The zero-order valence-electron chi connectivity index (χ0n) is 14.3. The van der Waals surface area contributed by atoms with Crippen molar-refractivity contribution in [3.05, 3.63) is 45.4 Å². The fourth-order valence-electron chi connectivity index (χ4n) is 2.84. The first-order chi connectivity index (χ1) is 11.6. The topological polar surface area (TPSA) is 54.5 Å². The quantitative estimate of drug-likeness (QED) is 0.917. The number of morpholine rings is 1. The van der Waals surface area contributed by atoms with Crippen LogP contribution < -0.4 is 5.32 Å². The molecule has 2 aromatic rings. The Morgan fingerprint density at radius 2 is 2.29 bits per heavy atom. The van der Waals surface area contributed by atoms with Gasteiger partial charge in [0.15, 0.2) is 0 Å². The summed E-state index contributed by atoms with van der Waals surface area (Å²) in [7, 11) is 0. The van der Waals surface area contributed by atoms with Crippen molar-refractivity contribution in [1.82, 2.24) is 9.88 Å². The van der Waals surface area contributed by atoms with Gasteiger partial charge in [0, 0.05) is 23.3 Å². The van der Waals surface area contributed by atoms with Crippen LogP contribution in [0.15, 0.2) is 23.6 Å². The molecule has 0 spiro atoms. The summed E-state index contributed by atoms with van der Waals surface area (Å²) >= 11 is 1.59. The molecule has 1 aliphatic heterocycles. The molecule has 0 unspecified atom stereocenters. The van der Waals surface area contributed by atoms with Crippen LogP contribution in [0.5, 0.6) is 0 Å². The summed E-state index contributed by atoms with van der Waals surface area (Å²) in [5, 5.41) is 5.95. The number of nitrogens with zero attached hydrogens (tertiary/aromatic N) is 2. The lowest BCUT2D eigenvalue weighted by atomic mass is 10.1. The molecule has 128 valence electrons. The molecule has 1 atom stereocenters. The molecule has 1 aromatic heterocycles. The number of carbonyl (C=O) groups is 1. The van der Waals surface area contributed by atoms with E-state index in [9.17, 15) is 4.79 Å². The van der Waals surface area contributed by atoms with Crippen LogP contribution in [-0.2, 0) is 11.2 Å². The predicted octanol–water partition coefficient (Wildman–Crippen LogP) is 3.93. The molecule has 0 aliphatic carbocycles. The third-order valence-corrected chi connectivity index (χ3v) is 5.30. The molecule has 1 N–H and O–H groups in total. The van der Waals surface area contributed by atoms with Crippen molar-refractivity contribution in [2.45, 2.75) is 33.3 Å². The minimum Gasteiger partial charge on any atom is -0.367 e. The lowest BCUT2D eigenvalue weighted by Crippen LogP contribution is -2.44. The SMILES string of the molecule is CCc1cc(NC(=O)N2CCO[C@H](c3nc(C)cs3)C2)ccc1C. The first-order valence-corrected chi connectivity index (χ1v) is 9.14. The number of ether oxygens (including phenoxy) is 1. The van der Waals surface area contributed by atoms with Crippen LogP contribution in [0.3, 0.4) is 0 Å². The van der Waals surface area contributed by atoms with Crippen LogP contribution in [0.4, 0.5) is 10.5 Å². The Kier molecular flexibility index (Phi) is 5.16. The fourth-order valence-corrected chi connectivity index (χ4v) is 3.67. The maximum atomic E-state index is 12.6. The van der Waals surface area contributed by atoms with Crippen molar-refractivity contribution in [3.63, 3.8) is 0 Å². The van der Waals surface area contributed by atoms with Gasteiger partial charge in [-0.3, -0.25) is 0 Å². The largest absolute Gasteiger partial charge is 0.367 e. The lowest BCUT2D eigenvalue weighted by Gasteiger charge is -2.32. The summed E-state index contributed by atoms with van der Waals surface area (Å²) in [6, 6.07) is 5.97. The average molecular weight is 345 g/mol. The van der Waals surface area contributed by atoms with Crippen molar-refractivity contribution in [3.8, 4) is 0 Å². The molecule has 5 nitrogen and oxygen atoms in total. The van der Waals surface area contributed by atoms with E-state index >= 15 is 0 Å². The van der Waals surface area contributed by atoms with Gasteiger partial charge in [0.2, 0.25) is 0 Å². The number of aryl methyl sites for hydroxylation is 3. The van der Waals surface area contributed by atoms with Gasteiger partial charge < -0.3 is 15.0 Å². The van der Waals surface area contributed by atoms with E-state index < -0.39 is 0 Å².